The predicted octanol–water partition coefficient (Wildman–Crippen LogP) is 1.71. The van der Waals surface area contributed by atoms with Crippen LogP contribution in [0.5, 0.6) is 0 Å². The molecule has 0 amide bonds. The molecule has 0 saturated carbocycles. The van der Waals surface area contributed by atoms with Crippen LogP contribution in [0.1, 0.15) is 0 Å². The average Bonchev–Trinajstić information content (AvgIpc) is 2.25. The van der Waals surface area contributed by atoms with Crippen molar-refractivity contribution >= 4 is 17.3 Å². The Labute approximate surface area is 100 Å². The number of nitrogens with zero attached hydrogens (tertiary/aromatic N) is 4. The minimum absolute atomic E-state index is 0.00806. The van der Waals surface area contributed by atoms with Gasteiger partial charge >= 0.3 is 0 Å². The molecule has 6 heteroatoms. The lowest BCUT2D eigenvalue weighted by Gasteiger charge is -2.22. The van der Waals surface area contributed by atoms with Gasteiger partial charge in [0.1, 0.15) is 5.69 Å². The number of para-hydroxylation sites is 2. The van der Waals surface area contributed by atoms with Crippen LogP contribution in [0.15, 0.2) is 29.3 Å². The average molecular weight is 236 g/mol. The summed E-state index contributed by atoms with van der Waals surface area (Å²) >= 11 is 0. The van der Waals surface area contributed by atoms with Gasteiger partial charge in [0, 0.05) is 34.3 Å². The zero-order valence-electron chi connectivity index (χ0n) is 10.4. The summed E-state index contributed by atoms with van der Waals surface area (Å²) in [6.07, 6.45) is 0. The zero-order chi connectivity index (χ0) is 13.0. The summed E-state index contributed by atoms with van der Waals surface area (Å²) in [7, 11) is 7.36. The van der Waals surface area contributed by atoms with E-state index in [0.717, 1.165) is 0 Å². The Balaban J connectivity index is 3.24. The first kappa shape index (κ1) is 13.0. The third-order valence-electron chi connectivity index (χ3n) is 2.10. The smallest absolute Gasteiger partial charge is 0.294 e. The molecule has 17 heavy (non-hydrogen) atoms. The molecule has 0 heterocycles. The van der Waals surface area contributed by atoms with Crippen LogP contribution in [0.3, 0.4) is 0 Å². The fourth-order valence-corrected chi connectivity index (χ4v) is 1.42. The third kappa shape index (κ3) is 3.17. The molecule has 0 N–H and O–H groups in total. The monoisotopic (exact) mass is 236 g/mol. The lowest BCUT2D eigenvalue weighted by Crippen LogP contribution is -2.35. The van der Waals surface area contributed by atoms with Gasteiger partial charge in [-0.1, -0.05) is 12.1 Å². The number of rotatable bonds is 2. The van der Waals surface area contributed by atoms with E-state index < -0.39 is 4.92 Å². The van der Waals surface area contributed by atoms with E-state index in [1.165, 1.54) is 6.07 Å². The number of benzene rings is 1. The molecule has 0 fully saturated rings. The molecule has 1 rings (SSSR count). The molecule has 0 atom stereocenters. The van der Waals surface area contributed by atoms with Gasteiger partial charge in [0.15, 0.2) is 0 Å². The molecule has 1 aromatic carbocycles. The van der Waals surface area contributed by atoms with Gasteiger partial charge in [-0.25, -0.2) is 4.99 Å². The van der Waals surface area contributed by atoms with Gasteiger partial charge in [0.25, 0.3) is 5.69 Å². The Hall–Kier alpha value is -2.11. The highest BCUT2D eigenvalue weighted by Gasteiger charge is 2.14. The number of aliphatic imine (C=N–C) groups is 1. The van der Waals surface area contributed by atoms with Crippen molar-refractivity contribution in [1.82, 2.24) is 9.80 Å². The van der Waals surface area contributed by atoms with Gasteiger partial charge in [-0.15, -0.1) is 0 Å². The van der Waals surface area contributed by atoms with E-state index in [1.807, 2.05) is 28.2 Å². The van der Waals surface area contributed by atoms with Gasteiger partial charge in [0.05, 0.1) is 4.92 Å². The number of hydrogen-bond donors (Lipinski definition) is 0. The van der Waals surface area contributed by atoms with E-state index in [9.17, 15) is 10.1 Å². The number of hydrogen-bond acceptors (Lipinski definition) is 3. The molecule has 0 aromatic heterocycles. The third-order valence-corrected chi connectivity index (χ3v) is 2.10. The normalized spacial score (nSPS) is 9.65. The molecular formula is C11H16N4O2. The van der Waals surface area contributed by atoms with Crippen molar-refractivity contribution < 1.29 is 4.92 Å². The van der Waals surface area contributed by atoms with Crippen LogP contribution in [0.2, 0.25) is 0 Å². The van der Waals surface area contributed by atoms with Crippen molar-refractivity contribution in [3.63, 3.8) is 0 Å². The van der Waals surface area contributed by atoms with Crippen LogP contribution < -0.4 is 0 Å². The van der Waals surface area contributed by atoms with Gasteiger partial charge in [-0.05, 0) is 6.07 Å². The van der Waals surface area contributed by atoms with Crippen molar-refractivity contribution in [2.75, 3.05) is 28.2 Å². The summed E-state index contributed by atoms with van der Waals surface area (Å²) in [6, 6.07) is 6.43. The van der Waals surface area contributed by atoms with Crippen LogP contribution in [-0.2, 0) is 0 Å². The Morgan fingerprint density at radius 3 is 2.18 bits per heavy atom. The van der Waals surface area contributed by atoms with Crippen molar-refractivity contribution in [2.24, 2.45) is 4.99 Å². The molecule has 0 unspecified atom stereocenters. The van der Waals surface area contributed by atoms with Gasteiger partial charge in [-0.3, -0.25) is 10.1 Å². The molecule has 0 saturated heterocycles. The first-order chi connectivity index (χ1) is 7.93. The lowest BCUT2D eigenvalue weighted by atomic mass is 10.3. The maximum atomic E-state index is 10.9. The highest BCUT2D eigenvalue weighted by molar-refractivity contribution is 5.83. The van der Waals surface area contributed by atoms with E-state index >= 15 is 0 Å². The van der Waals surface area contributed by atoms with E-state index in [2.05, 4.69) is 4.99 Å². The largest absolute Gasteiger partial charge is 0.349 e. The fraction of sp³-hybridized carbons (Fsp3) is 0.364. The summed E-state index contributed by atoms with van der Waals surface area (Å²) in [5.41, 5.74) is 0.364. The van der Waals surface area contributed by atoms with E-state index in [4.69, 9.17) is 0 Å². The molecule has 0 radical (unpaired) electrons. The minimum Gasteiger partial charge on any atom is -0.349 e. The molecular weight excluding hydrogens is 220 g/mol. The van der Waals surface area contributed by atoms with Crippen LogP contribution in [0, 0.1) is 10.1 Å². The van der Waals surface area contributed by atoms with Crippen LogP contribution in [0.4, 0.5) is 11.4 Å². The van der Waals surface area contributed by atoms with E-state index in [-0.39, 0.29) is 5.69 Å². The summed E-state index contributed by atoms with van der Waals surface area (Å²) in [5.74, 6) is 0.652. The van der Waals surface area contributed by atoms with Gasteiger partial charge in [0.2, 0.25) is 5.96 Å². The summed E-state index contributed by atoms with van der Waals surface area (Å²) in [5, 5.41) is 10.9. The van der Waals surface area contributed by atoms with Crippen molar-refractivity contribution in [3.05, 3.63) is 34.4 Å². The SMILES string of the molecule is CN(C)C(=Nc1ccccc1[N+](=O)[O-])N(C)C. The number of guanidine groups is 1. The van der Waals surface area contributed by atoms with E-state index in [1.54, 1.807) is 28.0 Å². The fourth-order valence-electron chi connectivity index (χ4n) is 1.42. The van der Waals surface area contributed by atoms with Crippen molar-refractivity contribution in [3.8, 4) is 0 Å². The minimum atomic E-state index is -0.429. The number of nitro benzene ring substituents is 1. The molecule has 0 aliphatic heterocycles. The van der Waals surface area contributed by atoms with E-state index in [0.29, 0.717) is 11.6 Å². The molecule has 6 nitrogen and oxygen atoms in total. The topological polar surface area (TPSA) is 62.0 Å². The molecule has 0 bridgehead atoms. The summed E-state index contributed by atoms with van der Waals surface area (Å²) in [4.78, 5) is 18.3. The van der Waals surface area contributed by atoms with Crippen LogP contribution >= 0.6 is 0 Å². The van der Waals surface area contributed by atoms with Gasteiger partial charge in [-0.2, -0.15) is 0 Å². The highest BCUT2D eigenvalue weighted by atomic mass is 16.6. The Morgan fingerprint density at radius 2 is 1.71 bits per heavy atom. The second kappa shape index (κ2) is 5.29. The molecule has 1 aromatic rings. The summed E-state index contributed by atoms with van der Waals surface area (Å²) in [6.45, 7) is 0. The van der Waals surface area contributed by atoms with Crippen molar-refractivity contribution in [1.29, 1.82) is 0 Å². The first-order valence-corrected chi connectivity index (χ1v) is 5.10. The number of nitro groups is 1. The molecule has 0 aliphatic rings. The molecule has 0 aliphatic carbocycles. The maximum absolute atomic E-state index is 10.9. The second-order valence-corrected chi connectivity index (χ2v) is 3.95. The Morgan fingerprint density at radius 1 is 1.18 bits per heavy atom. The quantitative estimate of drug-likeness (QED) is 0.339. The summed E-state index contributed by atoms with van der Waals surface area (Å²) < 4.78 is 0. The second-order valence-electron chi connectivity index (χ2n) is 3.95. The zero-order valence-corrected chi connectivity index (χ0v) is 10.4. The molecule has 92 valence electrons. The van der Waals surface area contributed by atoms with Crippen molar-refractivity contribution in [2.45, 2.75) is 0 Å². The standard InChI is InChI=1S/C11H16N4O2/c1-13(2)11(14(3)4)12-9-7-5-6-8-10(9)15(16)17/h5-8H,1-4H3. The first-order valence-electron chi connectivity index (χ1n) is 5.10. The Kier molecular flexibility index (Phi) is 4.03. The van der Waals surface area contributed by atoms with Gasteiger partial charge < -0.3 is 9.80 Å². The van der Waals surface area contributed by atoms with Crippen LogP contribution in [0.25, 0.3) is 0 Å². The Bertz CT molecular complexity index is 431. The molecule has 0 spiro atoms. The maximum Gasteiger partial charge on any atom is 0.294 e. The predicted molar refractivity (Wildman–Crippen MR) is 67.6 cm³/mol. The highest BCUT2D eigenvalue weighted by Crippen LogP contribution is 2.26. The van der Waals surface area contributed by atoms with Crippen LogP contribution in [-0.4, -0.2) is 48.9 Å². The lowest BCUT2D eigenvalue weighted by molar-refractivity contribution is -0.384.